The van der Waals surface area contributed by atoms with Crippen LogP contribution < -0.4 is 9.64 Å². The molecule has 1 aliphatic rings. The van der Waals surface area contributed by atoms with E-state index >= 15 is 0 Å². The molecule has 1 aromatic heterocycles. The molecule has 0 amide bonds. The predicted molar refractivity (Wildman–Crippen MR) is 232 cm³/mol. The van der Waals surface area contributed by atoms with Crippen LogP contribution in [0.15, 0.2) is 168 Å². The molecule has 9 heteroatoms. The summed E-state index contributed by atoms with van der Waals surface area (Å²) in [5, 5.41) is 39.1. The maximum atomic E-state index is 9.91. The summed E-state index contributed by atoms with van der Waals surface area (Å²) in [5.74, 6) is 1.11. The van der Waals surface area contributed by atoms with E-state index in [1.807, 2.05) is 146 Å². The summed E-state index contributed by atoms with van der Waals surface area (Å²) in [7, 11) is 0. The smallest absolute Gasteiger partial charge is 0.237 e. The van der Waals surface area contributed by atoms with Crippen LogP contribution in [-0.2, 0) is 30.0 Å². The molecule has 1 atom stereocenters. The van der Waals surface area contributed by atoms with E-state index in [9.17, 15) is 20.7 Å². The number of phenolic OH excluding ortho intramolecular Hbond substituents is 2. The van der Waals surface area contributed by atoms with E-state index in [1.54, 1.807) is 35.6 Å². The highest BCUT2D eigenvalue weighted by molar-refractivity contribution is 7.13. The molecule has 0 bridgehead atoms. The van der Waals surface area contributed by atoms with E-state index in [4.69, 9.17) is 16.0 Å². The summed E-state index contributed by atoms with van der Waals surface area (Å²) in [6.45, 7) is 11.3. The van der Waals surface area contributed by atoms with Crippen molar-refractivity contribution in [2.45, 2.75) is 32.2 Å². The second-order valence-electron chi connectivity index (χ2n) is 13.9. The second-order valence-corrected chi connectivity index (χ2v) is 15.0. The number of allylic oxidation sites excluding steroid dienone is 1. The van der Waals surface area contributed by atoms with Gasteiger partial charge in [0, 0.05) is 45.7 Å². The molecule has 0 radical (unpaired) electrons. The lowest BCUT2D eigenvalue weighted by Gasteiger charge is -2.28. The third-order valence-electron chi connectivity index (χ3n) is 9.89. The van der Waals surface area contributed by atoms with Crippen molar-refractivity contribution >= 4 is 35.3 Å². The third-order valence-corrected chi connectivity index (χ3v) is 10.9. The van der Waals surface area contributed by atoms with Gasteiger partial charge in [0.05, 0.1) is 6.57 Å². The highest BCUT2D eigenvalue weighted by Gasteiger charge is 2.43. The first-order valence-corrected chi connectivity index (χ1v) is 19.6. The Labute approximate surface area is 347 Å². The van der Waals surface area contributed by atoms with Crippen LogP contribution in [0.4, 0.5) is 5.69 Å². The molecule has 0 fully saturated rings. The van der Waals surface area contributed by atoms with Gasteiger partial charge in [0.2, 0.25) is 5.70 Å². The van der Waals surface area contributed by atoms with Crippen molar-refractivity contribution < 1.29 is 19.7 Å². The Kier molecular flexibility index (Phi) is 12.0. The zero-order valence-corrected chi connectivity index (χ0v) is 32.9. The van der Waals surface area contributed by atoms with Gasteiger partial charge < -0.3 is 24.6 Å². The second kappa shape index (κ2) is 18.0. The van der Waals surface area contributed by atoms with Gasteiger partial charge in [0.15, 0.2) is 11.3 Å². The number of ether oxygens (including phenoxy) is 2. The predicted octanol–water partition coefficient (Wildman–Crippen LogP) is 11.5. The summed E-state index contributed by atoms with van der Waals surface area (Å²) >= 11 is 1.57. The standard InChI is InChI=1S/C50H38N4O4S/c1-50(40-11-7-4-8-12-40)46(48(53-2)49(58-50)39(30-51)31-52)28-27-45-26-25-44(59-45)24-18-38-17-19-41(29-47(38)57-34-37-9-5-3-6-10-37)54(32-35-13-20-42(55)21-14-35)33-36-15-22-43(56)23-16-36/h3-29,55-56H,32-34H2,1H3/b24-18+,28-27+. The van der Waals surface area contributed by atoms with Crippen molar-refractivity contribution in [1.82, 2.24) is 0 Å². The average molecular weight is 791 g/mol. The van der Waals surface area contributed by atoms with Gasteiger partial charge in [0.1, 0.15) is 41.6 Å². The topological polar surface area (TPSA) is 114 Å². The zero-order chi connectivity index (χ0) is 41.2. The molecule has 5 aromatic carbocycles. The van der Waals surface area contributed by atoms with Crippen LogP contribution in [0.1, 0.15) is 44.5 Å². The highest BCUT2D eigenvalue weighted by atomic mass is 32.1. The summed E-state index contributed by atoms with van der Waals surface area (Å²) in [6.07, 6.45) is 7.84. The minimum atomic E-state index is -1.09. The maximum Gasteiger partial charge on any atom is 0.237 e. The fourth-order valence-corrected chi connectivity index (χ4v) is 7.57. The van der Waals surface area contributed by atoms with Gasteiger partial charge >= 0.3 is 0 Å². The lowest BCUT2D eigenvalue weighted by molar-refractivity contribution is 0.0755. The van der Waals surface area contributed by atoms with E-state index in [1.165, 1.54) is 0 Å². The number of benzene rings is 5. The third kappa shape index (κ3) is 9.28. The lowest BCUT2D eigenvalue weighted by atomic mass is 9.87. The Bertz CT molecular complexity index is 2630. The monoisotopic (exact) mass is 790 g/mol. The molecule has 0 aliphatic carbocycles. The lowest BCUT2D eigenvalue weighted by Crippen LogP contribution is -2.23. The van der Waals surface area contributed by atoms with Crippen molar-refractivity contribution in [3.05, 3.63) is 217 Å². The molecule has 1 unspecified atom stereocenters. The molecule has 8 nitrogen and oxygen atoms in total. The van der Waals surface area contributed by atoms with E-state index in [0.717, 1.165) is 43.3 Å². The number of nitriles is 2. The summed E-state index contributed by atoms with van der Waals surface area (Å²) < 4.78 is 12.8. The van der Waals surface area contributed by atoms with E-state index in [-0.39, 0.29) is 28.5 Å². The number of phenols is 2. The minimum absolute atomic E-state index is 0.00839. The molecule has 59 heavy (non-hydrogen) atoms. The van der Waals surface area contributed by atoms with Crippen LogP contribution in [0.5, 0.6) is 17.2 Å². The number of aromatic hydroxyl groups is 2. The fraction of sp³-hybridized carbons (Fsp3) is 0.100. The first kappa shape index (κ1) is 39.5. The van der Waals surface area contributed by atoms with Crippen molar-refractivity contribution in [1.29, 1.82) is 10.5 Å². The van der Waals surface area contributed by atoms with Gasteiger partial charge in [-0.15, -0.1) is 11.3 Å². The Morgan fingerprint density at radius 3 is 1.90 bits per heavy atom. The fourth-order valence-electron chi connectivity index (χ4n) is 6.76. The Morgan fingerprint density at radius 2 is 1.32 bits per heavy atom. The normalized spacial score (nSPS) is 14.8. The molecule has 288 valence electrons. The number of nitrogens with zero attached hydrogens (tertiary/aromatic N) is 4. The largest absolute Gasteiger partial charge is 0.508 e. The van der Waals surface area contributed by atoms with Crippen molar-refractivity contribution in [2.24, 2.45) is 0 Å². The molecule has 0 saturated heterocycles. The number of rotatable bonds is 13. The molecule has 0 spiro atoms. The Balaban J connectivity index is 1.19. The molecule has 0 saturated carbocycles. The van der Waals surface area contributed by atoms with Gasteiger partial charge in [-0.3, -0.25) is 0 Å². The summed E-state index contributed by atoms with van der Waals surface area (Å²) in [5.41, 5.74) is 5.09. The molecule has 7 rings (SSSR count). The van der Waals surface area contributed by atoms with Crippen LogP contribution in [0.25, 0.3) is 23.1 Å². The first-order chi connectivity index (χ1) is 28.8. The van der Waals surface area contributed by atoms with Crippen LogP contribution >= 0.6 is 11.3 Å². The summed E-state index contributed by atoms with van der Waals surface area (Å²) in [6, 6.07) is 47.8. The van der Waals surface area contributed by atoms with Crippen LogP contribution in [-0.4, -0.2) is 10.2 Å². The molecule has 1 aliphatic heterocycles. The SMILES string of the molecule is [C-]#[N+]C1=C(/C=C/c2ccc(/C=C/c3ccc(N(Cc4ccc(O)cc4)Cc4ccc(O)cc4)cc3OCc3ccccc3)s2)C(C)(c2ccccc2)OC1=C(C#N)C#N. The maximum absolute atomic E-state index is 9.91. The van der Waals surface area contributed by atoms with Gasteiger partial charge in [-0.05, 0) is 95.9 Å². The molecular formula is C50H38N4O4S. The first-order valence-electron chi connectivity index (χ1n) is 18.8. The van der Waals surface area contributed by atoms with Gasteiger partial charge in [0.25, 0.3) is 0 Å². The molecule has 2 N–H and O–H groups in total. The van der Waals surface area contributed by atoms with Crippen LogP contribution in [0.2, 0.25) is 0 Å². The molecule has 6 aromatic rings. The average Bonchev–Trinajstić information content (AvgIpc) is 3.85. The molecule has 2 heterocycles. The minimum Gasteiger partial charge on any atom is -0.508 e. The van der Waals surface area contributed by atoms with Crippen molar-refractivity contribution in [2.75, 3.05) is 4.90 Å². The quantitative estimate of drug-likeness (QED) is 0.0884. The van der Waals surface area contributed by atoms with Crippen molar-refractivity contribution in [3.8, 4) is 29.4 Å². The Hall–Kier alpha value is -7.77. The molecular weight excluding hydrogens is 753 g/mol. The van der Waals surface area contributed by atoms with Crippen LogP contribution in [0, 0.1) is 29.2 Å². The number of anilines is 1. The van der Waals surface area contributed by atoms with Crippen LogP contribution in [0.3, 0.4) is 0 Å². The summed E-state index contributed by atoms with van der Waals surface area (Å²) in [4.78, 5) is 7.89. The van der Waals surface area contributed by atoms with Crippen molar-refractivity contribution in [3.63, 3.8) is 0 Å². The Morgan fingerprint density at radius 1 is 0.746 bits per heavy atom. The van der Waals surface area contributed by atoms with Gasteiger partial charge in [-0.2, -0.15) is 10.5 Å². The number of hydrogen-bond donors (Lipinski definition) is 2. The van der Waals surface area contributed by atoms with Gasteiger partial charge in [-0.25, -0.2) is 4.85 Å². The van der Waals surface area contributed by atoms with Gasteiger partial charge in [-0.1, -0.05) is 91.0 Å². The van der Waals surface area contributed by atoms with E-state index in [0.29, 0.717) is 31.0 Å². The zero-order valence-electron chi connectivity index (χ0n) is 32.1. The van der Waals surface area contributed by atoms with E-state index in [2.05, 4.69) is 21.9 Å². The number of hydrogen-bond acceptors (Lipinski definition) is 8. The highest BCUT2D eigenvalue weighted by Crippen LogP contribution is 2.48. The van der Waals surface area contributed by atoms with E-state index < -0.39 is 5.60 Å². The number of thiophene rings is 1.